The van der Waals surface area contributed by atoms with Crippen molar-refractivity contribution < 1.29 is 4.89 Å². The van der Waals surface area contributed by atoms with Gasteiger partial charge in [-0.2, -0.15) is 8.81 Å². The van der Waals surface area contributed by atoms with Crippen LogP contribution in [0.25, 0.3) is 0 Å². The Bertz CT molecular complexity index is 220. The molecule has 2 nitrogen and oxygen atoms in total. The van der Waals surface area contributed by atoms with Gasteiger partial charge < -0.3 is 9.79 Å². The lowest BCUT2D eigenvalue weighted by Gasteiger charge is -2.13. The molecule has 0 aliphatic heterocycles. The monoisotopic (exact) mass is 168 g/mol. The minimum atomic E-state index is -0.349. The zero-order chi connectivity index (χ0) is 8.27. The van der Waals surface area contributed by atoms with E-state index in [0.29, 0.717) is 0 Å². The van der Waals surface area contributed by atoms with Crippen LogP contribution < -0.4 is 15.1 Å². The number of benzene rings is 1. The lowest BCUT2D eigenvalue weighted by molar-refractivity contribution is -0.147. The normalized spacial score (nSPS) is 10.8. The molecule has 0 aliphatic rings. The third-order valence-corrected chi connectivity index (χ3v) is 2.07. The second-order valence-corrected chi connectivity index (χ2v) is 3.32. The van der Waals surface area contributed by atoms with E-state index in [1.807, 2.05) is 43.3 Å². The summed E-state index contributed by atoms with van der Waals surface area (Å²) in [4.78, 5) is 12.4. The minimum Gasteiger partial charge on any atom is -0.828 e. The maximum absolute atomic E-state index is 10.4. The van der Waals surface area contributed by atoms with E-state index in [1.54, 1.807) is 0 Å². The summed E-state index contributed by atoms with van der Waals surface area (Å²) in [6, 6.07) is 7.67. The number of nitrogens with zero attached hydrogens (tertiary/aromatic N) is 1. The SMILES string of the molecule is CN(C)c1ccc(P[O-])cc1. The van der Waals surface area contributed by atoms with E-state index in [0.717, 1.165) is 11.0 Å². The van der Waals surface area contributed by atoms with Crippen LogP contribution in [0.1, 0.15) is 0 Å². The van der Waals surface area contributed by atoms with E-state index in [1.165, 1.54) is 0 Å². The molecule has 1 atom stereocenters. The first kappa shape index (κ1) is 8.51. The Kier molecular flexibility index (Phi) is 2.86. The van der Waals surface area contributed by atoms with Crippen LogP contribution in [-0.2, 0) is 0 Å². The van der Waals surface area contributed by atoms with E-state index in [4.69, 9.17) is 0 Å². The fraction of sp³-hybridized carbons (Fsp3) is 0.250. The summed E-state index contributed by atoms with van der Waals surface area (Å²) in [6.45, 7) is 0. The quantitative estimate of drug-likeness (QED) is 0.595. The summed E-state index contributed by atoms with van der Waals surface area (Å²) in [7, 11) is 3.61. The van der Waals surface area contributed by atoms with Crippen molar-refractivity contribution in [1.82, 2.24) is 0 Å². The smallest absolute Gasteiger partial charge is 0.0361 e. The first-order valence-electron chi connectivity index (χ1n) is 3.39. The third-order valence-electron chi connectivity index (χ3n) is 1.50. The fourth-order valence-electron chi connectivity index (χ4n) is 0.828. The Morgan fingerprint density at radius 1 is 1.18 bits per heavy atom. The third kappa shape index (κ3) is 2.18. The Morgan fingerprint density at radius 3 is 2.09 bits per heavy atom. The molecular weight excluding hydrogens is 157 g/mol. The molecule has 1 rings (SSSR count). The van der Waals surface area contributed by atoms with E-state index >= 15 is 0 Å². The van der Waals surface area contributed by atoms with Gasteiger partial charge in [0.2, 0.25) is 0 Å². The molecule has 1 aromatic rings. The van der Waals surface area contributed by atoms with Gasteiger partial charge in [-0.15, -0.1) is 0 Å². The minimum absolute atomic E-state index is 0.349. The van der Waals surface area contributed by atoms with Gasteiger partial charge in [-0.25, -0.2) is 0 Å². The average Bonchev–Trinajstić information content (AvgIpc) is 2.05. The molecule has 0 bridgehead atoms. The fourth-order valence-corrected chi connectivity index (χ4v) is 1.13. The maximum atomic E-state index is 10.4. The predicted molar refractivity (Wildman–Crippen MR) is 48.7 cm³/mol. The second kappa shape index (κ2) is 3.70. The summed E-state index contributed by atoms with van der Waals surface area (Å²) < 4.78 is 0. The number of anilines is 1. The first-order valence-corrected chi connectivity index (χ1v) is 4.30. The average molecular weight is 168 g/mol. The highest BCUT2D eigenvalue weighted by Crippen LogP contribution is 2.09. The van der Waals surface area contributed by atoms with Gasteiger partial charge in [0.15, 0.2) is 0 Å². The van der Waals surface area contributed by atoms with Crippen molar-refractivity contribution in [2.75, 3.05) is 19.0 Å². The molecular formula is C8H11NOP-. The molecule has 60 valence electrons. The lowest BCUT2D eigenvalue weighted by Crippen LogP contribution is -2.09. The second-order valence-electron chi connectivity index (χ2n) is 2.54. The number of hydrogen-bond donors (Lipinski definition) is 0. The van der Waals surface area contributed by atoms with Crippen molar-refractivity contribution in [2.45, 2.75) is 0 Å². The van der Waals surface area contributed by atoms with Crippen molar-refractivity contribution in [2.24, 2.45) is 0 Å². The van der Waals surface area contributed by atoms with Crippen molar-refractivity contribution in [3.8, 4) is 0 Å². The maximum Gasteiger partial charge on any atom is 0.0361 e. The summed E-state index contributed by atoms with van der Waals surface area (Å²) in [6.07, 6.45) is 0. The van der Waals surface area contributed by atoms with Gasteiger partial charge in [0.25, 0.3) is 0 Å². The lowest BCUT2D eigenvalue weighted by atomic mass is 10.3. The highest BCUT2D eigenvalue weighted by molar-refractivity contribution is 7.39. The molecule has 11 heavy (non-hydrogen) atoms. The highest BCUT2D eigenvalue weighted by atomic mass is 31.1. The highest BCUT2D eigenvalue weighted by Gasteiger charge is 1.91. The molecule has 1 unspecified atom stereocenters. The zero-order valence-electron chi connectivity index (χ0n) is 6.66. The molecule has 0 radical (unpaired) electrons. The van der Waals surface area contributed by atoms with Crippen molar-refractivity contribution >= 4 is 19.8 Å². The van der Waals surface area contributed by atoms with E-state index in [-0.39, 0.29) is 8.81 Å². The molecule has 0 aromatic heterocycles. The van der Waals surface area contributed by atoms with Gasteiger partial charge in [0.05, 0.1) is 0 Å². The van der Waals surface area contributed by atoms with Gasteiger partial charge in [-0.1, -0.05) is 12.1 Å². The Labute approximate surface area is 68.7 Å². The molecule has 0 saturated carbocycles. The van der Waals surface area contributed by atoms with Crippen LogP contribution in [0.3, 0.4) is 0 Å². The molecule has 0 N–H and O–H groups in total. The Morgan fingerprint density at radius 2 is 1.73 bits per heavy atom. The van der Waals surface area contributed by atoms with Crippen LogP contribution in [-0.4, -0.2) is 14.1 Å². The largest absolute Gasteiger partial charge is 0.828 e. The van der Waals surface area contributed by atoms with Crippen LogP contribution in [0.15, 0.2) is 24.3 Å². The molecule has 0 saturated heterocycles. The number of rotatable bonds is 2. The van der Waals surface area contributed by atoms with Gasteiger partial charge in [0.1, 0.15) is 0 Å². The van der Waals surface area contributed by atoms with Crippen LogP contribution in [0.4, 0.5) is 5.69 Å². The molecule has 0 amide bonds. The van der Waals surface area contributed by atoms with E-state index in [9.17, 15) is 4.89 Å². The first-order chi connectivity index (χ1) is 5.24. The Balaban J connectivity index is 2.83. The Hall–Kier alpha value is -0.590. The van der Waals surface area contributed by atoms with Gasteiger partial charge in [0, 0.05) is 19.8 Å². The molecule has 1 aromatic carbocycles. The van der Waals surface area contributed by atoms with Crippen LogP contribution in [0, 0.1) is 0 Å². The topological polar surface area (TPSA) is 26.3 Å². The van der Waals surface area contributed by atoms with Gasteiger partial charge >= 0.3 is 0 Å². The molecule has 0 spiro atoms. The molecule has 0 fully saturated rings. The van der Waals surface area contributed by atoms with Crippen molar-refractivity contribution in [1.29, 1.82) is 0 Å². The number of hydrogen-bond acceptors (Lipinski definition) is 2. The van der Waals surface area contributed by atoms with Gasteiger partial charge in [-0.3, -0.25) is 0 Å². The standard InChI is InChI=1S/C8H11NOP/c1-9(2)7-3-5-8(11-10)6-4-7/h3-6,11H,1-2H3/q-1. The summed E-state index contributed by atoms with van der Waals surface area (Å²) in [5.74, 6) is 0. The predicted octanol–water partition coefficient (Wildman–Crippen LogP) is 0.332. The molecule has 0 aliphatic carbocycles. The summed E-state index contributed by atoms with van der Waals surface area (Å²) in [5.41, 5.74) is 1.13. The van der Waals surface area contributed by atoms with Crippen molar-refractivity contribution in [3.05, 3.63) is 24.3 Å². The summed E-state index contributed by atoms with van der Waals surface area (Å²) in [5, 5.41) is 0.871. The van der Waals surface area contributed by atoms with Crippen LogP contribution in [0.2, 0.25) is 0 Å². The van der Waals surface area contributed by atoms with Crippen molar-refractivity contribution in [3.63, 3.8) is 0 Å². The van der Waals surface area contributed by atoms with E-state index < -0.39 is 0 Å². The molecule has 3 heteroatoms. The van der Waals surface area contributed by atoms with Gasteiger partial charge in [-0.05, 0) is 17.4 Å². The zero-order valence-corrected chi connectivity index (χ0v) is 7.66. The molecule has 0 heterocycles. The van der Waals surface area contributed by atoms with Crippen LogP contribution in [0.5, 0.6) is 0 Å². The van der Waals surface area contributed by atoms with Crippen LogP contribution >= 0.6 is 8.81 Å². The summed E-state index contributed by atoms with van der Waals surface area (Å²) >= 11 is 0. The van der Waals surface area contributed by atoms with E-state index in [2.05, 4.69) is 0 Å².